The first-order chi connectivity index (χ1) is 30.2. The zero-order chi connectivity index (χ0) is 39.5. The largest absolute Gasteiger partial charge is 0.456 e. The molecule has 0 saturated carbocycles. The van der Waals surface area contributed by atoms with Crippen molar-refractivity contribution in [2.45, 2.75) is 0 Å². The molecule has 0 amide bonds. The third kappa shape index (κ3) is 4.30. The van der Waals surface area contributed by atoms with E-state index in [2.05, 4.69) is 170 Å². The molecule has 0 aliphatic heterocycles. The van der Waals surface area contributed by atoms with Crippen molar-refractivity contribution in [3.8, 4) is 22.3 Å². The van der Waals surface area contributed by atoms with E-state index in [0.29, 0.717) is 0 Å². The molecule has 2 nitrogen and oxygen atoms in total. The molecule has 5 aromatic heterocycles. The molecule has 0 aliphatic carbocycles. The highest BCUT2D eigenvalue weighted by molar-refractivity contribution is 7.28. The average molecular weight is 829 g/mol. The van der Waals surface area contributed by atoms with Crippen LogP contribution in [0.2, 0.25) is 0 Å². The Balaban J connectivity index is 1.16. The fraction of sp³-hybridized carbons (Fsp3) is 0. The Kier molecular flexibility index (Phi) is 6.36. The number of hydrogen-bond acceptors (Lipinski definition) is 5. The molecule has 0 unspecified atom stereocenters. The molecule has 282 valence electrons. The normalized spacial score (nSPS) is 12.6. The summed E-state index contributed by atoms with van der Waals surface area (Å²) in [5.74, 6) is 0. The number of rotatable bonds is 2. The van der Waals surface area contributed by atoms with E-state index in [-0.39, 0.29) is 0 Å². The van der Waals surface area contributed by atoms with Crippen LogP contribution in [-0.2, 0) is 0 Å². The third-order valence-corrected chi connectivity index (χ3v) is 16.8. The van der Waals surface area contributed by atoms with Crippen molar-refractivity contribution >= 4 is 160 Å². The van der Waals surface area contributed by atoms with Crippen LogP contribution < -0.4 is 0 Å². The molecule has 15 rings (SSSR count). The second kappa shape index (κ2) is 11.8. The minimum Gasteiger partial charge on any atom is -0.456 e. The number of fused-ring (bicyclic) bond motifs is 21. The Labute approximate surface area is 358 Å². The van der Waals surface area contributed by atoms with Crippen LogP contribution in [0.15, 0.2) is 179 Å². The van der Waals surface area contributed by atoms with E-state index in [1.165, 1.54) is 115 Å². The molecule has 0 saturated heterocycles. The van der Waals surface area contributed by atoms with E-state index >= 15 is 0 Å². The maximum atomic E-state index is 6.60. The van der Waals surface area contributed by atoms with E-state index in [4.69, 9.17) is 8.83 Å². The summed E-state index contributed by atoms with van der Waals surface area (Å²) < 4.78 is 21.0. The van der Waals surface area contributed by atoms with Gasteiger partial charge >= 0.3 is 0 Å². The summed E-state index contributed by atoms with van der Waals surface area (Å²) >= 11 is 5.71. The highest BCUT2D eigenvalue weighted by atomic mass is 32.1. The van der Waals surface area contributed by atoms with E-state index in [0.717, 1.165) is 33.1 Å². The van der Waals surface area contributed by atoms with Crippen LogP contribution in [0.25, 0.3) is 148 Å². The van der Waals surface area contributed by atoms with Crippen LogP contribution in [0.1, 0.15) is 0 Å². The summed E-state index contributed by atoms with van der Waals surface area (Å²) in [6.07, 6.45) is 0. The number of hydrogen-bond donors (Lipinski definition) is 0. The molecular formula is C56H28O2S3. The van der Waals surface area contributed by atoms with Gasteiger partial charge in [-0.3, -0.25) is 0 Å². The molecule has 0 fully saturated rings. The predicted octanol–water partition coefficient (Wildman–Crippen LogP) is 18.2. The molecule has 61 heavy (non-hydrogen) atoms. The third-order valence-electron chi connectivity index (χ3n) is 13.1. The quantitative estimate of drug-likeness (QED) is 0.173. The van der Waals surface area contributed by atoms with Gasteiger partial charge in [0.2, 0.25) is 0 Å². The van der Waals surface area contributed by atoms with Gasteiger partial charge in [0.15, 0.2) is 0 Å². The number of para-hydroxylation sites is 2. The standard InChI is InChI=1S/C56H28O2S3/c1-5-19-43-35(13-1)51-45(57-43)25-23-37-49(51)39(33-17-9-15-31-29-11-3-7-21-47(29)59-53(31)33)27-41-42-28-40(34-18-10-16-32-30-12-4-8-22-48(30)60-54(32)34)50-38(56(42)61-55(37)41)24-26-46-52(50)36-14-2-6-20-44(36)58-46/h1-28H. The van der Waals surface area contributed by atoms with Crippen molar-refractivity contribution in [1.82, 2.24) is 0 Å². The summed E-state index contributed by atoms with van der Waals surface area (Å²) in [4.78, 5) is 0. The fourth-order valence-electron chi connectivity index (χ4n) is 10.5. The molecule has 0 atom stereocenters. The van der Waals surface area contributed by atoms with E-state index < -0.39 is 0 Å². The van der Waals surface area contributed by atoms with Crippen molar-refractivity contribution in [2.24, 2.45) is 0 Å². The Morgan fingerprint density at radius 2 is 0.672 bits per heavy atom. The van der Waals surface area contributed by atoms with Crippen molar-refractivity contribution in [3.63, 3.8) is 0 Å². The molecule has 5 heteroatoms. The number of thiophene rings is 3. The Hall–Kier alpha value is -7.02. The van der Waals surface area contributed by atoms with Crippen LogP contribution in [-0.4, -0.2) is 0 Å². The Morgan fingerprint density at radius 1 is 0.246 bits per heavy atom. The first-order valence-electron chi connectivity index (χ1n) is 20.6. The second-order valence-corrected chi connectivity index (χ2v) is 19.3. The minimum absolute atomic E-state index is 0.912. The SMILES string of the molecule is c1ccc2c(c1)oc1ccc3c4sc5c(cc(-c6cccc7c6sc6ccccc67)c6c5ccc5oc7ccccc7c56)c4cc(-c4cccc5c4sc4ccccc45)c3c12. The molecule has 0 N–H and O–H groups in total. The first kappa shape index (κ1) is 32.8. The van der Waals surface area contributed by atoms with Crippen LogP contribution in [0.5, 0.6) is 0 Å². The molecule has 15 aromatic rings. The zero-order valence-corrected chi connectivity index (χ0v) is 34.7. The molecule has 10 aromatic carbocycles. The average Bonchev–Trinajstić information content (AvgIpc) is 4.14. The van der Waals surface area contributed by atoms with Crippen molar-refractivity contribution in [1.29, 1.82) is 0 Å². The summed E-state index contributed by atoms with van der Waals surface area (Å²) in [6.45, 7) is 0. The Morgan fingerprint density at radius 3 is 1.16 bits per heavy atom. The van der Waals surface area contributed by atoms with Crippen LogP contribution in [0, 0.1) is 0 Å². The van der Waals surface area contributed by atoms with Crippen LogP contribution in [0.4, 0.5) is 0 Å². The summed E-state index contributed by atoms with van der Waals surface area (Å²) in [5, 5.41) is 17.4. The lowest BCUT2D eigenvalue weighted by molar-refractivity contribution is 0.669. The maximum absolute atomic E-state index is 6.60. The van der Waals surface area contributed by atoms with Gasteiger partial charge in [0.05, 0.1) is 0 Å². The van der Waals surface area contributed by atoms with E-state index in [1.54, 1.807) is 0 Å². The van der Waals surface area contributed by atoms with Crippen LogP contribution in [0.3, 0.4) is 0 Å². The Bertz CT molecular complexity index is 4130. The minimum atomic E-state index is 0.912. The predicted molar refractivity (Wildman–Crippen MR) is 266 cm³/mol. The molecule has 0 bridgehead atoms. The second-order valence-electron chi connectivity index (χ2n) is 16.2. The van der Waals surface area contributed by atoms with E-state index in [9.17, 15) is 0 Å². The summed E-state index contributed by atoms with van der Waals surface area (Å²) in [6, 6.07) is 62.4. The molecule has 0 radical (unpaired) electrons. The smallest absolute Gasteiger partial charge is 0.136 e. The van der Waals surface area contributed by atoms with Gasteiger partial charge in [-0.25, -0.2) is 0 Å². The van der Waals surface area contributed by atoms with Crippen molar-refractivity contribution < 1.29 is 8.83 Å². The number of furan rings is 2. The lowest BCUT2D eigenvalue weighted by atomic mass is 9.89. The van der Waals surface area contributed by atoms with Gasteiger partial charge in [-0.15, -0.1) is 34.0 Å². The first-order valence-corrected chi connectivity index (χ1v) is 23.0. The zero-order valence-electron chi connectivity index (χ0n) is 32.2. The summed E-state index contributed by atoms with van der Waals surface area (Å²) in [5.41, 5.74) is 8.64. The van der Waals surface area contributed by atoms with Gasteiger partial charge in [-0.2, -0.15) is 0 Å². The van der Waals surface area contributed by atoms with Gasteiger partial charge in [0, 0.05) is 115 Å². The van der Waals surface area contributed by atoms with Crippen molar-refractivity contribution in [2.75, 3.05) is 0 Å². The lowest BCUT2D eigenvalue weighted by Crippen LogP contribution is -1.86. The monoisotopic (exact) mass is 828 g/mol. The highest BCUT2D eigenvalue weighted by Crippen LogP contribution is 2.53. The fourth-order valence-corrected chi connectivity index (χ4v) is 14.3. The van der Waals surface area contributed by atoms with E-state index in [1.807, 2.05) is 34.0 Å². The van der Waals surface area contributed by atoms with Gasteiger partial charge in [-0.1, -0.05) is 109 Å². The highest BCUT2D eigenvalue weighted by Gasteiger charge is 2.25. The number of benzene rings is 10. The lowest BCUT2D eigenvalue weighted by Gasteiger charge is -2.13. The molecule has 0 aliphatic rings. The van der Waals surface area contributed by atoms with Gasteiger partial charge < -0.3 is 8.83 Å². The molecular weight excluding hydrogens is 801 g/mol. The summed E-state index contributed by atoms with van der Waals surface area (Å²) in [7, 11) is 0. The molecule has 5 heterocycles. The van der Waals surface area contributed by atoms with Crippen molar-refractivity contribution in [3.05, 3.63) is 170 Å². The van der Waals surface area contributed by atoms with Gasteiger partial charge in [0.1, 0.15) is 22.3 Å². The molecule has 0 spiro atoms. The maximum Gasteiger partial charge on any atom is 0.136 e. The topological polar surface area (TPSA) is 26.3 Å². The van der Waals surface area contributed by atoms with Gasteiger partial charge in [0.25, 0.3) is 0 Å². The van der Waals surface area contributed by atoms with Gasteiger partial charge in [-0.05, 0) is 71.8 Å². The van der Waals surface area contributed by atoms with Crippen LogP contribution >= 0.6 is 34.0 Å².